The number of aryl methyl sites for hydroxylation is 1. The average Bonchev–Trinajstić information content (AvgIpc) is 2.32. The van der Waals surface area contributed by atoms with E-state index in [1.54, 1.807) is 6.07 Å². The Morgan fingerprint density at radius 2 is 2.06 bits per heavy atom. The Bertz CT molecular complexity index is 546. The molecule has 0 bridgehead atoms. The number of nitrogen functional groups attached to an aromatic ring is 1. The third kappa shape index (κ3) is 3.32. The van der Waals surface area contributed by atoms with Gasteiger partial charge in [-0.1, -0.05) is 19.1 Å². The monoisotopic (exact) mass is 355 g/mol. The molecule has 2 aromatic rings. The van der Waals surface area contributed by atoms with Crippen molar-refractivity contribution in [3.8, 4) is 11.6 Å². The number of aromatic nitrogens is 2. The minimum absolute atomic E-state index is 0.439. The van der Waals surface area contributed by atoms with E-state index in [1.165, 1.54) is 0 Å². The lowest BCUT2D eigenvalue weighted by atomic mass is 10.3. The number of para-hydroxylation sites is 1. The lowest BCUT2D eigenvalue weighted by Gasteiger charge is -2.08. The van der Waals surface area contributed by atoms with Crippen LogP contribution in [-0.4, -0.2) is 9.97 Å². The van der Waals surface area contributed by atoms with Crippen LogP contribution in [0.5, 0.6) is 11.6 Å². The van der Waals surface area contributed by atoms with Crippen LogP contribution in [0.25, 0.3) is 0 Å². The first-order valence-corrected chi connectivity index (χ1v) is 6.82. The summed E-state index contributed by atoms with van der Waals surface area (Å²) in [6, 6.07) is 9.41. The molecule has 0 saturated carbocycles. The molecule has 4 nitrogen and oxygen atoms in total. The van der Waals surface area contributed by atoms with Gasteiger partial charge in [-0.3, -0.25) is 0 Å². The molecular formula is C13H14IN3O. The number of rotatable bonds is 4. The molecule has 18 heavy (non-hydrogen) atoms. The van der Waals surface area contributed by atoms with Crippen molar-refractivity contribution in [2.45, 2.75) is 19.8 Å². The number of benzene rings is 1. The number of hydrogen-bond donors (Lipinski definition) is 1. The Kier molecular flexibility index (Phi) is 4.35. The van der Waals surface area contributed by atoms with Crippen molar-refractivity contribution in [1.29, 1.82) is 0 Å². The third-order valence-electron chi connectivity index (χ3n) is 2.29. The van der Waals surface area contributed by atoms with Gasteiger partial charge in [-0.05, 0) is 41.1 Å². The molecule has 0 amide bonds. The highest BCUT2D eigenvalue weighted by atomic mass is 127. The topological polar surface area (TPSA) is 61.0 Å². The number of nitrogens with zero attached hydrogens (tertiary/aromatic N) is 2. The van der Waals surface area contributed by atoms with E-state index in [9.17, 15) is 0 Å². The number of hydrogen-bond acceptors (Lipinski definition) is 4. The molecule has 0 atom stereocenters. The van der Waals surface area contributed by atoms with Gasteiger partial charge in [-0.15, -0.1) is 0 Å². The van der Waals surface area contributed by atoms with Gasteiger partial charge in [0.25, 0.3) is 0 Å². The van der Waals surface area contributed by atoms with E-state index in [0.717, 1.165) is 28.0 Å². The maximum absolute atomic E-state index is 5.75. The molecule has 0 fully saturated rings. The summed E-state index contributed by atoms with van der Waals surface area (Å²) in [6.45, 7) is 2.08. The number of halogens is 1. The van der Waals surface area contributed by atoms with Gasteiger partial charge in [0.1, 0.15) is 17.4 Å². The van der Waals surface area contributed by atoms with Crippen molar-refractivity contribution >= 4 is 28.4 Å². The molecule has 94 valence electrons. The second kappa shape index (κ2) is 5.99. The van der Waals surface area contributed by atoms with Crippen LogP contribution in [0.1, 0.15) is 19.2 Å². The van der Waals surface area contributed by atoms with E-state index in [0.29, 0.717) is 11.7 Å². The molecule has 0 radical (unpaired) electrons. The molecule has 5 heteroatoms. The molecule has 0 saturated heterocycles. The molecule has 0 spiro atoms. The third-order valence-corrected chi connectivity index (χ3v) is 3.18. The SMILES string of the molecule is CCCc1nc(N)cc(Oc2ccccc2I)n1. The Balaban J connectivity index is 2.26. The summed E-state index contributed by atoms with van der Waals surface area (Å²) >= 11 is 2.22. The van der Waals surface area contributed by atoms with Gasteiger partial charge in [0, 0.05) is 12.5 Å². The lowest BCUT2D eigenvalue weighted by molar-refractivity contribution is 0.456. The quantitative estimate of drug-likeness (QED) is 0.854. The van der Waals surface area contributed by atoms with Crippen molar-refractivity contribution in [2.75, 3.05) is 5.73 Å². The highest BCUT2D eigenvalue weighted by molar-refractivity contribution is 14.1. The Morgan fingerprint density at radius 3 is 2.78 bits per heavy atom. The van der Waals surface area contributed by atoms with E-state index in [-0.39, 0.29) is 0 Å². The Labute approximate surface area is 120 Å². The summed E-state index contributed by atoms with van der Waals surface area (Å²) in [7, 11) is 0. The zero-order chi connectivity index (χ0) is 13.0. The lowest BCUT2D eigenvalue weighted by Crippen LogP contribution is -2.01. The molecule has 2 N–H and O–H groups in total. The fraction of sp³-hybridized carbons (Fsp3) is 0.231. The maximum atomic E-state index is 5.75. The van der Waals surface area contributed by atoms with Crippen LogP contribution in [0, 0.1) is 3.57 Å². The molecule has 0 aliphatic heterocycles. The van der Waals surface area contributed by atoms with E-state index < -0.39 is 0 Å². The van der Waals surface area contributed by atoms with Gasteiger partial charge >= 0.3 is 0 Å². The minimum atomic E-state index is 0.439. The van der Waals surface area contributed by atoms with Gasteiger partial charge < -0.3 is 10.5 Å². The van der Waals surface area contributed by atoms with E-state index in [2.05, 4.69) is 39.5 Å². The van der Waals surface area contributed by atoms with E-state index >= 15 is 0 Å². The standard InChI is InChI=1S/C13H14IN3O/c1-2-5-12-16-11(15)8-13(17-12)18-10-7-4-3-6-9(10)14/h3-4,6-8H,2,5H2,1H3,(H2,15,16,17). The normalized spacial score (nSPS) is 10.3. The van der Waals surface area contributed by atoms with Gasteiger partial charge in [0.05, 0.1) is 3.57 Å². The summed E-state index contributed by atoms with van der Waals surface area (Å²) in [6.07, 6.45) is 1.78. The number of ether oxygens (including phenoxy) is 1. The second-order valence-corrected chi connectivity index (χ2v) is 4.99. The fourth-order valence-electron chi connectivity index (χ4n) is 1.52. The first-order chi connectivity index (χ1) is 8.69. The minimum Gasteiger partial charge on any atom is -0.438 e. The molecule has 1 aromatic heterocycles. The molecule has 0 aliphatic carbocycles. The van der Waals surface area contributed by atoms with Crippen LogP contribution in [0.3, 0.4) is 0 Å². The van der Waals surface area contributed by atoms with Crippen LogP contribution < -0.4 is 10.5 Å². The van der Waals surface area contributed by atoms with Gasteiger partial charge in [0.2, 0.25) is 5.88 Å². The molecular weight excluding hydrogens is 341 g/mol. The van der Waals surface area contributed by atoms with E-state index in [1.807, 2.05) is 24.3 Å². The van der Waals surface area contributed by atoms with Crippen LogP contribution in [0.15, 0.2) is 30.3 Å². The molecule has 1 aromatic carbocycles. The Hall–Kier alpha value is -1.37. The second-order valence-electron chi connectivity index (χ2n) is 3.83. The van der Waals surface area contributed by atoms with E-state index in [4.69, 9.17) is 10.5 Å². The number of anilines is 1. The molecule has 1 heterocycles. The summed E-state index contributed by atoms with van der Waals surface area (Å²) in [4.78, 5) is 8.52. The first-order valence-electron chi connectivity index (χ1n) is 5.75. The predicted molar refractivity (Wildman–Crippen MR) is 79.7 cm³/mol. The smallest absolute Gasteiger partial charge is 0.224 e. The maximum Gasteiger partial charge on any atom is 0.224 e. The van der Waals surface area contributed by atoms with Gasteiger partial charge in [-0.25, -0.2) is 4.98 Å². The van der Waals surface area contributed by atoms with Gasteiger partial charge in [0.15, 0.2) is 0 Å². The van der Waals surface area contributed by atoms with Crippen molar-refractivity contribution in [1.82, 2.24) is 9.97 Å². The van der Waals surface area contributed by atoms with Crippen LogP contribution >= 0.6 is 22.6 Å². The van der Waals surface area contributed by atoms with Crippen LogP contribution in [0.2, 0.25) is 0 Å². The summed E-state index contributed by atoms with van der Waals surface area (Å²) in [5, 5.41) is 0. The fourth-order valence-corrected chi connectivity index (χ4v) is 2.02. The van der Waals surface area contributed by atoms with Crippen LogP contribution in [-0.2, 0) is 6.42 Å². The van der Waals surface area contributed by atoms with Crippen molar-refractivity contribution in [3.63, 3.8) is 0 Å². The number of nitrogens with two attached hydrogens (primary N) is 1. The largest absolute Gasteiger partial charge is 0.438 e. The average molecular weight is 355 g/mol. The summed E-state index contributed by atoms with van der Waals surface area (Å²) in [5.41, 5.74) is 5.75. The zero-order valence-corrected chi connectivity index (χ0v) is 12.2. The van der Waals surface area contributed by atoms with Crippen molar-refractivity contribution < 1.29 is 4.74 Å². The van der Waals surface area contributed by atoms with Gasteiger partial charge in [-0.2, -0.15) is 4.98 Å². The summed E-state index contributed by atoms with van der Waals surface area (Å²) < 4.78 is 6.77. The highest BCUT2D eigenvalue weighted by Crippen LogP contribution is 2.25. The van der Waals surface area contributed by atoms with Crippen molar-refractivity contribution in [3.05, 3.63) is 39.7 Å². The summed E-state index contributed by atoms with van der Waals surface area (Å²) in [5.74, 6) is 2.43. The zero-order valence-electron chi connectivity index (χ0n) is 10.1. The van der Waals surface area contributed by atoms with Crippen molar-refractivity contribution in [2.24, 2.45) is 0 Å². The highest BCUT2D eigenvalue weighted by Gasteiger charge is 2.06. The Morgan fingerprint density at radius 1 is 1.28 bits per heavy atom. The predicted octanol–water partition coefficient (Wildman–Crippen LogP) is 3.41. The molecule has 0 unspecified atom stereocenters. The molecule has 2 rings (SSSR count). The first kappa shape index (κ1) is 13.1. The van der Waals surface area contributed by atoms with Crippen LogP contribution in [0.4, 0.5) is 5.82 Å². The molecule has 0 aliphatic rings.